The first-order valence-corrected chi connectivity index (χ1v) is 12.5. The molecule has 3 aliphatic heterocycles. The molecule has 2 aromatic rings. The van der Waals surface area contributed by atoms with Gasteiger partial charge in [0, 0.05) is 51.0 Å². The van der Waals surface area contributed by atoms with Gasteiger partial charge in [0.2, 0.25) is 0 Å². The van der Waals surface area contributed by atoms with E-state index in [1.165, 1.54) is 0 Å². The number of urea groups is 1. The number of aromatic amines is 1. The highest BCUT2D eigenvalue weighted by atomic mass is 19.1. The van der Waals surface area contributed by atoms with Gasteiger partial charge >= 0.3 is 6.03 Å². The highest BCUT2D eigenvalue weighted by molar-refractivity contribution is 5.78. The number of hydrogen-bond acceptors (Lipinski definition) is 7. The SMILES string of the molecule is Cc1ncc(F)c(Nc2n[nH]c3c2CN(C(=O)N2CCN(CC4CCOCC4)CC2C)C3(C)C)n1. The smallest absolute Gasteiger partial charge is 0.321 e. The van der Waals surface area contributed by atoms with Crippen LogP contribution in [0.3, 0.4) is 0 Å². The van der Waals surface area contributed by atoms with E-state index in [2.05, 4.69) is 37.3 Å². The Morgan fingerprint density at radius 2 is 2.06 bits per heavy atom. The van der Waals surface area contributed by atoms with Crippen LogP contribution in [0.4, 0.5) is 20.8 Å². The van der Waals surface area contributed by atoms with Gasteiger partial charge in [-0.1, -0.05) is 0 Å². The van der Waals surface area contributed by atoms with Gasteiger partial charge < -0.3 is 19.9 Å². The number of piperazine rings is 1. The number of anilines is 2. The molecule has 2 N–H and O–H groups in total. The molecule has 0 aromatic carbocycles. The maximum absolute atomic E-state index is 14.2. The third-order valence-electron chi connectivity index (χ3n) is 7.62. The van der Waals surface area contributed by atoms with Crippen LogP contribution in [-0.2, 0) is 16.8 Å². The van der Waals surface area contributed by atoms with Crippen molar-refractivity contribution in [2.45, 2.75) is 58.7 Å². The lowest BCUT2D eigenvalue weighted by Crippen LogP contribution is -2.59. The molecule has 10 nitrogen and oxygen atoms in total. The van der Waals surface area contributed by atoms with Crippen LogP contribution in [0.25, 0.3) is 0 Å². The number of halogens is 1. The maximum atomic E-state index is 14.2. The molecule has 2 saturated heterocycles. The van der Waals surface area contributed by atoms with E-state index in [4.69, 9.17) is 4.74 Å². The minimum absolute atomic E-state index is 0.0211. The van der Waals surface area contributed by atoms with Gasteiger partial charge in [-0.05, 0) is 46.5 Å². The number of H-pyrrole nitrogens is 1. The van der Waals surface area contributed by atoms with Gasteiger partial charge in [-0.25, -0.2) is 19.2 Å². The topological polar surface area (TPSA) is 103 Å². The van der Waals surface area contributed by atoms with Crippen molar-refractivity contribution in [3.63, 3.8) is 0 Å². The number of carbonyl (C=O) groups excluding carboxylic acids is 1. The predicted molar refractivity (Wildman–Crippen MR) is 129 cm³/mol. The molecule has 11 heteroatoms. The number of ether oxygens (including phenoxy) is 1. The first-order valence-electron chi connectivity index (χ1n) is 12.5. The summed E-state index contributed by atoms with van der Waals surface area (Å²) in [7, 11) is 0. The van der Waals surface area contributed by atoms with E-state index in [1.807, 2.05) is 23.6 Å². The Hall–Kier alpha value is -2.79. The number of aryl methyl sites for hydroxylation is 1. The monoisotopic (exact) mass is 486 g/mol. The van der Waals surface area contributed by atoms with Crippen LogP contribution < -0.4 is 5.32 Å². The fraction of sp³-hybridized carbons (Fsp3) is 0.667. The fourth-order valence-corrected chi connectivity index (χ4v) is 5.51. The Bertz CT molecular complexity index is 1080. The van der Waals surface area contributed by atoms with Gasteiger partial charge in [-0.15, -0.1) is 0 Å². The summed E-state index contributed by atoms with van der Waals surface area (Å²) >= 11 is 0. The molecule has 5 rings (SSSR count). The molecule has 5 heterocycles. The Balaban J connectivity index is 1.27. The molecular weight excluding hydrogens is 451 g/mol. The molecular formula is C24H35FN8O2. The number of fused-ring (bicyclic) bond motifs is 1. The summed E-state index contributed by atoms with van der Waals surface area (Å²) in [4.78, 5) is 28.1. The molecule has 1 atom stereocenters. The number of rotatable bonds is 4. The van der Waals surface area contributed by atoms with E-state index < -0.39 is 11.4 Å². The van der Waals surface area contributed by atoms with Crippen molar-refractivity contribution in [3.8, 4) is 0 Å². The summed E-state index contributed by atoms with van der Waals surface area (Å²) in [6.07, 6.45) is 3.38. The van der Waals surface area contributed by atoms with Crippen LogP contribution in [0, 0.1) is 18.7 Å². The van der Waals surface area contributed by atoms with Crippen molar-refractivity contribution < 1.29 is 13.9 Å². The quantitative estimate of drug-likeness (QED) is 0.685. The van der Waals surface area contributed by atoms with Gasteiger partial charge in [-0.2, -0.15) is 5.10 Å². The molecule has 2 amide bonds. The molecule has 0 bridgehead atoms. The number of hydrogen-bond donors (Lipinski definition) is 2. The highest BCUT2D eigenvalue weighted by Crippen LogP contribution is 2.42. The van der Waals surface area contributed by atoms with Crippen molar-refractivity contribution in [1.82, 2.24) is 34.9 Å². The molecule has 0 aliphatic carbocycles. The lowest BCUT2D eigenvalue weighted by molar-refractivity contribution is 0.0290. The van der Waals surface area contributed by atoms with Gasteiger partial charge in [0.15, 0.2) is 17.5 Å². The zero-order valence-electron chi connectivity index (χ0n) is 21.0. The number of nitrogens with one attached hydrogen (secondary N) is 2. The molecule has 3 aliphatic rings. The van der Waals surface area contributed by atoms with Crippen LogP contribution in [0.2, 0.25) is 0 Å². The average molecular weight is 487 g/mol. The van der Waals surface area contributed by atoms with Crippen LogP contribution >= 0.6 is 0 Å². The molecule has 190 valence electrons. The van der Waals surface area contributed by atoms with E-state index in [9.17, 15) is 9.18 Å². The minimum Gasteiger partial charge on any atom is -0.381 e. The second-order valence-corrected chi connectivity index (χ2v) is 10.5. The Morgan fingerprint density at radius 1 is 1.29 bits per heavy atom. The summed E-state index contributed by atoms with van der Waals surface area (Å²) in [5.74, 6) is 1.15. The van der Waals surface area contributed by atoms with Crippen molar-refractivity contribution >= 4 is 17.7 Å². The van der Waals surface area contributed by atoms with Crippen molar-refractivity contribution in [2.75, 3.05) is 44.7 Å². The highest BCUT2D eigenvalue weighted by Gasteiger charge is 2.46. The first kappa shape index (κ1) is 23.9. The van der Waals surface area contributed by atoms with E-state index in [0.717, 1.165) is 63.1 Å². The molecule has 0 saturated carbocycles. The van der Waals surface area contributed by atoms with Gasteiger partial charge in [0.25, 0.3) is 0 Å². The van der Waals surface area contributed by atoms with Crippen molar-refractivity contribution in [1.29, 1.82) is 0 Å². The summed E-state index contributed by atoms with van der Waals surface area (Å²) in [6, 6.07) is 0.146. The largest absolute Gasteiger partial charge is 0.381 e. The Labute approximate surface area is 205 Å². The molecule has 2 aromatic heterocycles. The summed E-state index contributed by atoms with van der Waals surface area (Å²) in [5, 5.41) is 10.4. The van der Waals surface area contributed by atoms with E-state index in [1.54, 1.807) is 6.92 Å². The molecule has 0 radical (unpaired) electrons. The lowest BCUT2D eigenvalue weighted by Gasteiger charge is -2.44. The van der Waals surface area contributed by atoms with E-state index in [0.29, 0.717) is 30.6 Å². The third kappa shape index (κ3) is 4.58. The van der Waals surface area contributed by atoms with E-state index >= 15 is 0 Å². The first-order chi connectivity index (χ1) is 16.7. The molecule has 1 unspecified atom stereocenters. The normalized spacial score (nSPS) is 22.9. The summed E-state index contributed by atoms with van der Waals surface area (Å²) in [5.41, 5.74) is 1.13. The summed E-state index contributed by atoms with van der Waals surface area (Å²) < 4.78 is 19.7. The second kappa shape index (κ2) is 9.34. The third-order valence-corrected chi connectivity index (χ3v) is 7.62. The zero-order valence-corrected chi connectivity index (χ0v) is 21.0. The van der Waals surface area contributed by atoms with Crippen LogP contribution in [0.1, 0.15) is 50.7 Å². The average Bonchev–Trinajstić information content (AvgIpc) is 3.34. The number of amides is 2. The fourth-order valence-electron chi connectivity index (χ4n) is 5.51. The number of carbonyl (C=O) groups is 1. The molecule has 0 spiro atoms. The predicted octanol–water partition coefficient (Wildman–Crippen LogP) is 2.99. The Morgan fingerprint density at radius 3 is 2.80 bits per heavy atom. The lowest BCUT2D eigenvalue weighted by atomic mass is 9.99. The van der Waals surface area contributed by atoms with Crippen molar-refractivity contribution in [3.05, 3.63) is 29.1 Å². The molecule has 2 fully saturated rings. The number of aromatic nitrogens is 4. The minimum atomic E-state index is -0.571. The van der Waals surface area contributed by atoms with Crippen LogP contribution in [-0.4, -0.2) is 86.3 Å². The molecule has 35 heavy (non-hydrogen) atoms. The van der Waals surface area contributed by atoms with Gasteiger partial charge in [0.1, 0.15) is 5.82 Å². The van der Waals surface area contributed by atoms with Crippen molar-refractivity contribution in [2.24, 2.45) is 5.92 Å². The van der Waals surface area contributed by atoms with E-state index in [-0.39, 0.29) is 17.9 Å². The van der Waals surface area contributed by atoms with Crippen LogP contribution in [0.5, 0.6) is 0 Å². The number of nitrogens with zero attached hydrogens (tertiary/aromatic N) is 6. The van der Waals surface area contributed by atoms with Gasteiger partial charge in [-0.3, -0.25) is 10.00 Å². The van der Waals surface area contributed by atoms with Crippen LogP contribution in [0.15, 0.2) is 6.20 Å². The zero-order chi connectivity index (χ0) is 24.7. The second-order valence-electron chi connectivity index (χ2n) is 10.5. The standard InChI is InChI=1S/C24H35FN8O2/c1-15-12-31(13-17-5-9-35-10-6-17)7-8-32(15)23(34)33-14-18-20(24(33,3)4)29-30-21(18)28-22-19(25)11-26-16(2)27-22/h11,15,17H,5-10,12-14H2,1-4H3,(H2,26,27,28,29,30). The maximum Gasteiger partial charge on any atom is 0.321 e. The summed E-state index contributed by atoms with van der Waals surface area (Å²) in [6.45, 7) is 13.5. The van der Waals surface area contributed by atoms with Gasteiger partial charge in [0.05, 0.1) is 24.0 Å². The Kier molecular flexibility index (Phi) is 6.39.